The number of hydrogen-bond acceptors (Lipinski definition) is 3. The van der Waals surface area contributed by atoms with Gasteiger partial charge in [-0.15, -0.1) is 0 Å². The Labute approximate surface area is 125 Å². The van der Waals surface area contributed by atoms with Crippen molar-refractivity contribution >= 4 is 11.8 Å². The van der Waals surface area contributed by atoms with Crippen LogP contribution in [0.1, 0.15) is 57.6 Å². The van der Waals surface area contributed by atoms with Crippen LogP contribution in [0.4, 0.5) is 0 Å². The first-order valence-corrected chi connectivity index (χ1v) is 7.53. The molecule has 114 valence electrons. The van der Waals surface area contributed by atoms with Crippen LogP contribution >= 0.6 is 0 Å². The van der Waals surface area contributed by atoms with Crippen LogP contribution in [0.2, 0.25) is 0 Å². The highest BCUT2D eigenvalue weighted by Gasteiger charge is 2.40. The molecule has 2 N–H and O–H groups in total. The molecule has 0 bridgehead atoms. The van der Waals surface area contributed by atoms with Crippen LogP contribution in [-0.4, -0.2) is 22.3 Å². The van der Waals surface area contributed by atoms with E-state index in [2.05, 4.69) is 15.6 Å². The molecule has 1 fully saturated rings. The van der Waals surface area contributed by atoms with Crippen molar-refractivity contribution in [2.24, 2.45) is 0 Å². The molecule has 0 unspecified atom stereocenters. The number of nitrogens with zero attached hydrogens (tertiary/aromatic N) is 1. The summed E-state index contributed by atoms with van der Waals surface area (Å²) in [5.74, 6) is -0.231. The summed E-state index contributed by atoms with van der Waals surface area (Å²) in [5.41, 5.74) is 0.262. The van der Waals surface area contributed by atoms with Crippen LogP contribution in [-0.2, 0) is 9.59 Å². The van der Waals surface area contributed by atoms with Gasteiger partial charge >= 0.3 is 0 Å². The van der Waals surface area contributed by atoms with E-state index in [-0.39, 0.29) is 17.9 Å². The zero-order chi connectivity index (χ0) is 15.3. The summed E-state index contributed by atoms with van der Waals surface area (Å²) >= 11 is 0. The lowest BCUT2D eigenvalue weighted by Crippen LogP contribution is -2.59. The van der Waals surface area contributed by atoms with Crippen molar-refractivity contribution < 1.29 is 9.59 Å². The number of amides is 2. The molecule has 1 aliphatic rings. The average Bonchev–Trinajstić information content (AvgIpc) is 2.48. The zero-order valence-corrected chi connectivity index (χ0v) is 12.7. The second-order valence-electron chi connectivity index (χ2n) is 5.80. The molecule has 0 spiro atoms. The Bertz CT molecular complexity index is 496. The first-order chi connectivity index (χ1) is 10.0. The van der Waals surface area contributed by atoms with E-state index in [1.165, 1.54) is 6.92 Å². The maximum atomic E-state index is 12.7. The summed E-state index contributed by atoms with van der Waals surface area (Å²) in [7, 11) is 0. The molecule has 2 rings (SSSR count). The van der Waals surface area contributed by atoms with Gasteiger partial charge in [0.1, 0.15) is 5.54 Å². The predicted octanol–water partition coefficient (Wildman–Crippen LogP) is 2.10. The summed E-state index contributed by atoms with van der Waals surface area (Å²) in [6.45, 7) is 3.41. The van der Waals surface area contributed by atoms with Gasteiger partial charge in [-0.3, -0.25) is 14.6 Å². The van der Waals surface area contributed by atoms with Gasteiger partial charge in [-0.2, -0.15) is 0 Å². The lowest BCUT2D eigenvalue weighted by atomic mass is 9.80. The molecular weight excluding hydrogens is 266 g/mol. The van der Waals surface area contributed by atoms with Crippen molar-refractivity contribution in [3.05, 3.63) is 30.1 Å². The van der Waals surface area contributed by atoms with Crippen LogP contribution in [0.25, 0.3) is 0 Å². The molecule has 1 atom stereocenters. The SMILES string of the molecule is CC(=O)NC1(C(=O)N[C@H](C)c2ccncc2)CCCCC1. The summed E-state index contributed by atoms with van der Waals surface area (Å²) in [6, 6.07) is 3.67. The summed E-state index contributed by atoms with van der Waals surface area (Å²) in [5, 5.41) is 5.92. The van der Waals surface area contributed by atoms with E-state index in [9.17, 15) is 9.59 Å². The number of rotatable bonds is 4. The smallest absolute Gasteiger partial charge is 0.246 e. The van der Waals surface area contributed by atoms with E-state index >= 15 is 0 Å². The van der Waals surface area contributed by atoms with Gasteiger partial charge in [0.15, 0.2) is 0 Å². The highest BCUT2D eigenvalue weighted by Crippen LogP contribution is 2.29. The number of carbonyl (C=O) groups is 2. The minimum atomic E-state index is -0.745. The van der Waals surface area contributed by atoms with Crippen molar-refractivity contribution in [1.82, 2.24) is 15.6 Å². The minimum Gasteiger partial charge on any atom is -0.348 e. The standard InChI is InChI=1S/C16H23N3O2/c1-12(14-6-10-17-11-7-14)18-15(21)16(19-13(2)20)8-4-3-5-9-16/h6-7,10-12H,3-5,8-9H2,1-2H3,(H,18,21)(H,19,20)/t12-/m1/s1. The number of hydrogen-bond donors (Lipinski definition) is 2. The quantitative estimate of drug-likeness (QED) is 0.891. The number of carbonyl (C=O) groups excluding carboxylic acids is 2. The third-order valence-electron chi connectivity index (χ3n) is 4.11. The molecule has 0 aromatic carbocycles. The molecule has 5 heteroatoms. The summed E-state index contributed by atoms with van der Waals surface area (Å²) in [6.07, 6.45) is 7.90. The summed E-state index contributed by atoms with van der Waals surface area (Å²) in [4.78, 5) is 28.2. The second-order valence-corrected chi connectivity index (χ2v) is 5.80. The van der Waals surface area contributed by atoms with Crippen LogP contribution in [0, 0.1) is 0 Å². The normalized spacial score (nSPS) is 18.6. The third kappa shape index (κ3) is 3.80. The fraction of sp³-hybridized carbons (Fsp3) is 0.562. The Balaban J connectivity index is 2.09. The van der Waals surface area contributed by atoms with E-state index in [1.54, 1.807) is 12.4 Å². The molecule has 1 heterocycles. The van der Waals surface area contributed by atoms with Gasteiger partial charge in [0.25, 0.3) is 0 Å². The fourth-order valence-electron chi connectivity index (χ4n) is 2.97. The maximum Gasteiger partial charge on any atom is 0.246 e. The number of nitrogens with one attached hydrogen (secondary N) is 2. The molecule has 0 radical (unpaired) electrons. The molecule has 1 aromatic rings. The highest BCUT2D eigenvalue weighted by molar-refractivity contribution is 5.91. The Kier molecular flexibility index (Phi) is 4.94. The third-order valence-corrected chi connectivity index (χ3v) is 4.11. The van der Waals surface area contributed by atoms with Crippen molar-refractivity contribution in [2.75, 3.05) is 0 Å². The molecule has 1 aromatic heterocycles. The van der Waals surface area contributed by atoms with Crippen LogP contribution in [0.15, 0.2) is 24.5 Å². The molecule has 5 nitrogen and oxygen atoms in total. The van der Waals surface area contributed by atoms with Gasteiger partial charge < -0.3 is 10.6 Å². The molecule has 1 aliphatic carbocycles. The number of pyridine rings is 1. The van der Waals surface area contributed by atoms with E-state index < -0.39 is 5.54 Å². The van der Waals surface area contributed by atoms with Crippen molar-refractivity contribution in [3.8, 4) is 0 Å². The van der Waals surface area contributed by atoms with Crippen molar-refractivity contribution in [2.45, 2.75) is 57.5 Å². The lowest BCUT2D eigenvalue weighted by molar-refractivity contribution is -0.134. The monoisotopic (exact) mass is 289 g/mol. The van der Waals surface area contributed by atoms with Gasteiger partial charge in [0.2, 0.25) is 11.8 Å². The van der Waals surface area contributed by atoms with Crippen LogP contribution < -0.4 is 10.6 Å². The Morgan fingerprint density at radius 3 is 2.38 bits per heavy atom. The second kappa shape index (κ2) is 6.70. The fourth-order valence-corrected chi connectivity index (χ4v) is 2.97. The van der Waals surface area contributed by atoms with E-state index in [0.29, 0.717) is 12.8 Å². The lowest BCUT2D eigenvalue weighted by Gasteiger charge is -2.37. The first-order valence-electron chi connectivity index (χ1n) is 7.53. The molecule has 21 heavy (non-hydrogen) atoms. The van der Waals surface area contributed by atoms with Crippen LogP contribution in [0.3, 0.4) is 0 Å². The zero-order valence-electron chi connectivity index (χ0n) is 12.7. The van der Waals surface area contributed by atoms with Gasteiger partial charge in [-0.25, -0.2) is 0 Å². The maximum absolute atomic E-state index is 12.7. The predicted molar refractivity (Wildman–Crippen MR) is 80.4 cm³/mol. The van der Waals surface area contributed by atoms with Crippen molar-refractivity contribution in [1.29, 1.82) is 0 Å². The molecular formula is C16H23N3O2. The van der Waals surface area contributed by atoms with Gasteiger partial charge in [-0.1, -0.05) is 19.3 Å². The van der Waals surface area contributed by atoms with E-state index in [0.717, 1.165) is 24.8 Å². The average molecular weight is 289 g/mol. The molecule has 0 saturated heterocycles. The highest BCUT2D eigenvalue weighted by atomic mass is 16.2. The molecule has 0 aliphatic heterocycles. The topological polar surface area (TPSA) is 71.1 Å². The van der Waals surface area contributed by atoms with Crippen LogP contribution in [0.5, 0.6) is 0 Å². The van der Waals surface area contributed by atoms with Gasteiger partial charge in [0, 0.05) is 19.3 Å². The Hall–Kier alpha value is -1.91. The number of aromatic nitrogens is 1. The molecule has 1 saturated carbocycles. The van der Waals surface area contributed by atoms with Crippen molar-refractivity contribution in [3.63, 3.8) is 0 Å². The largest absolute Gasteiger partial charge is 0.348 e. The van der Waals surface area contributed by atoms with Gasteiger partial charge in [0.05, 0.1) is 6.04 Å². The van der Waals surface area contributed by atoms with E-state index in [4.69, 9.17) is 0 Å². The minimum absolute atomic E-state index is 0.0817. The Morgan fingerprint density at radius 1 is 1.19 bits per heavy atom. The van der Waals surface area contributed by atoms with E-state index in [1.807, 2.05) is 19.1 Å². The molecule has 2 amide bonds. The first kappa shape index (κ1) is 15.5. The van der Waals surface area contributed by atoms with Gasteiger partial charge in [-0.05, 0) is 37.5 Å². The Morgan fingerprint density at radius 2 is 1.81 bits per heavy atom. The summed E-state index contributed by atoms with van der Waals surface area (Å²) < 4.78 is 0.